The highest BCUT2D eigenvalue weighted by atomic mass is 35.5. The zero-order chi connectivity index (χ0) is 11.5. The first-order valence-corrected chi connectivity index (χ1v) is 5.63. The quantitative estimate of drug-likeness (QED) is 0.737. The Kier molecular flexibility index (Phi) is 3.41. The number of hydrogen-bond acceptors (Lipinski definition) is 3. The normalized spacial score (nSPS) is 17.5. The summed E-state index contributed by atoms with van der Waals surface area (Å²) in [6, 6.07) is 1.67. The maximum absolute atomic E-state index is 12.1. The molecular formula is C11H14ClN3O. The van der Waals surface area contributed by atoms with Gasteiger partial charge in [0, 0.05) is 38.6 Å². The summed E-state index contributed by atoms with van der Waals surface area (Å²) >= 11 is 5.95. The van der Waals surface area contributed by atoms with Gasteiger partial charge in [-0.3, -0.25) is 9.78 Å². The minimum atomic E-state index is 0.000463. The number of pyridine rings is 1. The zero-order valence-electron chi connectivity index (χ0n) is 9.19. The monoisotopic (exact) mass is 239 g/mol. The molecule has 1 aliphatic rings. The summed E-state index contributed by atoms with van der Waals surface area (Å²) in [4.78, 5) is 20.0. The van der Waals surface area contributed by atoms with E-state index in [2.05, 4.69) is 16.9 Å². The fourth-order valence-corrected chi connectivity index (χ4v) is 1.93. The largest absolute Gasteiger partial charge is 0.336 e. The lowest BCUT2D eigenvalue weighted by atomic mass is 10.2. The van der Waals surface area contributed by atoms with Crippen LogP contribution in [0.4, 0.5) is 0 Å². The Bertz CT molecular complexity index is 389. The fourth-order valence-electron chi connectivity index (χ4n) is 1.73. The Labute approximate surface area is 99.8 Å². The Morgan fingerprint density at radius 2 is 2.06 bits per heavy atom. The molecule has 86 valence electrons. The van der Waals surface area contributed by atoms with Crippen molar-refractivity contribution < 1.29 is 4.79 Å². The number of amides is 1. The van der Waals surface area contributed by atoms with Crippen LogP contribution in [0.25, 0.3) is 0 Å². The molecular weight excluding hydrogens is 226 g/mol. The summed E-state index contributed by atoms with van der Waals surface area (Å²) in [6.07, 6.45) is 3.10. The van der Waals surface area contributed by atoms with E-state index >= 15 is 0 Å². The molecule has 5 heteroatoms. The number of piperazine rings is 1. The number of carbonyl (C=O) groups is 1. The van der Waals surface area contributed by atoms with Gasteiger partial charge < -0.3 is 9.80 Å². The van der Waals surface area contributed by atoms with Gasteiger partial charge in [-0.05, 0) is 13.1 Å². The van der Waals surface area contributed by atoms with Gasteiger partial charge in [0.25, 0.3) is 5.91 Å². The van der Waals surface area contributed by atoms with E-state index in [9.17, 15) is 4.79 Å². The van der Waals surface area contributed by atoms with Crippen LogP contribution in [0.2, 0.25) is 5.02 Å². The maximum Gasteiger partial charge on any atom is 0.255 e. The molecule has 1 saturated heterocycles. The van der Waals surface area contributed by atoms with Crippen LogP contribution in [0, 0.1) is 0 Å². The highest BCUT2D eigenvalue weighted by Crippen LogP contribution is 2.16. The number of hydrogen-bond donors (Lipinski definition) is 0. The number of nitrogens with zero attached hydrogens (tertiary/aromatic N) is 3. The van der Waals surface area contributed by atoms with Gasteiger partial charge in [0.15, 0.2) is 0 Å². The summed E-state index contributed by atoms with van der Waals surface area (Å²) in [5.41, 5.74) is 0.543. The van der Waals surface area contributed by atoms with Gasteiger partial charge in [0.2, 0.25) is 0 Å². The van der Waals surface area contributed by atoms with Gasteiger partial charge in [0.1, 0.15) is 0 Å². The fraction of sp³-hybridized carbons (Fsp3) is 0.455. The third kappa shape index (κ3) is 2.33. The summed E-state index contributed by atoms with van der Waals surface area (Å²) in [7, 11) is 2.06. The van der Waals surface area contributed by atoms with Gasteiger partial charge in [-0.2, -0.15) is 0 Å². The van der Waals surface area contributed by atoms with Crippen molar-refractivity contribution in [3.8, 4) is 0 Å². The molecule has 16 heavy (non-hydrogen) atoms. The first-order valence-electron chi connectivity index (χ1n) is 5.26. The van der Waals surface area contributed by atoms with E-state index in [4.69, 9.17) is 11.6 Å². The van der Waals surface area contributed by atoms with Crippen molar-refractivity contribution >= 4 is 17.5 Å². The van der Waals surface area contributed by atoms with Crippen LogP contribution >= 0.6 is 11.6 Å². The van der Waals surface area contributed by atoms with E-state index in [1.165, 1.54) is 6.20 Å². The number of rotatable bonds is 1. The number of halogens is 1. The lowest BCUT2D eigenvalue weighted by Crippen LogP contribution is -2.47. The predicted molar refractivity (Wildman–Crippen MR) is 62.6 cm³/mol. The molecule has 1 amide bonds. The van der Waals surface area contributed by atoms with E-state index in [1.54, 1.807) is 12.3 Å². The summed E-state index contributed by atoms with van der Waals surface area (Å²) in [5, 5.41) is 0.423. The van der Waals surface area contributed by atoms with Gasteiger partial charge in [-0.25, -0.2) is 0 Å². The number of likely N-dealkylation sites (N-methyl/N-ethyl adjacent to an activating group) is 1. The zero-order valence-corrected chi connectivity index (χ0v) is 9.94. The van der Waals surface area contributed by atoms with Crippen LogP contribution in [-0.2, 0) is 0 Å². The Hall–Kier alpha value is -1.13. The van der Waals surface area contributed by atoms with Gasteiger partial charge in [-0.15, -0.1) is 0 Å². The Morgan fingerprint density at radius 1 is 1.38 bits per heavy atom. The second kappa shape index (κ2) is 4.80. The van der Waals surface area contributed by atoms with Crippen LogP contribution in [0.5, 0.6) is 0 Å². The van der Waals surface area contributed by atoms with Crippen molar-refractivity contribution in [1.82, 2.24) is 14.8 Å². The topological polar surface area (TPSA) is 36.4 Å². The minimum absolute atomic E-state index is 0.000463. The highest BCUT2D eigenvalue weighted by Gasteiger charge is 2.21. The average Bonchev–Trinajstić information content (AvgIpc) is 2.30. The second-order valence-corrected chi connectivity index (χ2v) is 4.36. The molecule has 4 nitrogen and oxygen atoms in total. The molecule has 0 N–H and O–H groups in total. The molecule has 0 radical (unpaired) electrons. The second-order valence-electron chi connectivity index (χ2n) is 3.95. The first kappa shape index (κ1) is 11.4. The van der Waals surface area contributed by atoms with Crippen LogP contribution in [0.3, 0.4) is 0 Å². The molecule has 0 spiro atoms. The minimum Gasteiger partial charge on any atom is -0.336 e. The van der Waals surface area contributed by atoms with E-state index in [-0.39, 0.29) is 5.91 Å². The van der Waals surface area contributed by atoms with E-state index in [1.807, 2.05) is 4.90 Å². The SMILES string of the molecule is CN1CCN(C(=O)c2ccncc2Cl)CC1. The van der Waals surface area contributed by atoms with Gasteiger partial charge in [-0.1, -0.05) is 11.6 Å². The highest BCUT2D eigenvalue weighted by molar-refractivity contribution is 6.33. The van der Waals surface area contributed by atoms with Crippen LogP contribution in [0.15, 0.2) is 18.5 Å². The Balaban J connectivity index is 2.11. The molecule has 1 aromatic rings. The van der Waals surface area contributed by atoms with Crippen LogP contribution in [0.1, 0.15) is 10.4 Å². The number of aromatic nitrogens is 1. The molecule has 0 aliphatic carbocycles. The van der Waals surface area contributed by atoms with E-state index < -0.39 is 0 Å². The number of carbonyl (C=O) groups excluding carboxylic acids is 1. The van der Waals surface area contributed by atoms with Crippen molar-refractivity contribution in [2.45, 2.75) is 0 Å². The Morgan fingerprint density at radius 3 is 2.69 bits per heavy atom. The van der Waals surface area contributed by atoms with Gasteiger partial charge >= 0.3 is 0 Å². The van der Waals surface area contributed by atoms with Crippen molar-refractivity contribution in [3.63, 3.8) is 0 Å². The summed E-state index contributed by atoms with van der Waals surface area (Å²) in [6.45, 7) is 3.34. The molecule has 1 aromatic heterocycles. The first-order chi connectivity index (χ1) is 7.68. The molecule has 0 aromatic carbocycles. The van der Waals surface area contributed by atoms with Crippen molar-refractivity contribution in [1.29, 1.82) is 0 Å². The molecule has 1 aliphatic heterocycles. The maximum atomic E-state index is 12.1. The van der Waals surface area contributed by atoms with E-state index in [0.29, 0.717) is 10.6 Å². The van der Waals surface area contributed by atoms with Crippen molar-refractivity contribution in [2.24, 2.45) is 0 Å². The van der Waals surface area contributed by atoms with Gasteiger partial charge in [0.05, 0.1) is 10.6 Å². The van der Waals surface area contributed by atoms with Crippen LogP contribution in [-0.4, -0.2) is 53.9 Å². The predicted octanol–water partition coefficient (Wildman–Crippen LogP) is 1.12. The molecule has 0 bridgehead atoms. The molecule has 0 unspecified atom stereocenters. The standard InChI is InChI=1S/C11H14ClN3O/c1-14-4-6-15(7-5-14)11(16)9-2-3-13-8-10(9)12/h2-3,8H,4-7H2,1H3. The molecule has 0 saturated carbocycles. The average molecular weight is 240 g/mol. The summed E-state index contributed by atoms with van der Waals surface area (Å²) in [5.74, 6) is 0.000463. The third-order valence-electron chi connectivity index (χ3n) is 2.79. The molecule has 1 fully saturated rings. The smallest absolute Gasteiger partial charge is 0.255 e. The molecule has 2 rings (SSSR count). The van der Waals surface area contributed by atoms with Crippen LogP contribution < -0.4 is 0 Å². The third-order valence-corrected chi connectivity index (χ3v) is 3.09. The van der Waals surface area contributed by atoms with E-state index in [0.717, 1.165) is 26.2 Å². The molecule has 2 heterocycles. The van der Waals surface area contributed by atoms with Crippen molar-refractivity contribution in [2.75, 3.05) is 33.2 Å². The lowest BCUT2D eigenvalue weighted by Gasteiger charge is -2.32. The molecule has 0 atom stereocenters. The summed E-state index contributed by atoms with van der Waals surface area (Å²) < 4.78 is 0. The van der Waals surface area contributed by atoms with Crippen molar-refractivity contribution in [3.05, 3.63) is 29.0 Å². The lowest BCUT2D eigenvalue weighted by molar-refractivity contribution is 0.0664.